The number of aryl methyl sites for hydroxylation is 2. The van der Waals surface area contributed by atoms with E-state index in [9.17, 15) is 9.59 Å². The number of carbonyl (C=O) groups is 1. The molecule has 1 aromatic carbocycles. The van der Waals surface area contributed by atoms with E-state index in [2.05, 4.69) is 20.4 Å². The number of nitrogens with one attached hydrogen (secondary N) is 1. The fourth-order valence-electron chi connectivity index (χ4n) is 5.62. The number of rotatable bonds is 6. The number of carbonyl (C=O) groups excluding carboxylic acids is 1. The molecule has 10 heteroatoms. The van der Waals surface area contributed by atoms with Gasteiger partial charge in [-0.05, 0) is 69.7 Å². The zero-order valence-electron chi connectivity index (χ0n) is 22.0. The van der Waals surface area contributed by atoms with Gasteiger partial charge >= 0.3 is 5.69 Å². The molecule has 0 radical (unpaired) electrons. The van der Waals surface area contributed by atoms with Gasteiger partial charge in [-0.2, -0.15) is 5.10 Å². The maximum atomic E-state index is 13.8. The number of aromatic nitrogens is 6. The third kappa shape index (κ3) is 4.83. The first-order valence-electron chi connectivity index (χ1n) is 13.4. The Balaban J connectivity index is 1.21. The Kier molecular flexibility index (Phi) is 6.68. The molecule has 200 valence electrons. The van der Waals surface area contributed by atoms with Crippen molar-refractivity contribution in [1.82, 2.24) is 34.2 Å². The van der Waals surface area contributed by atoms with Crippen molar-refractivity contribution in [2.24, 2.45) is 5.92 Å². The number of fused-ring (bicyclic) bond motifs is 2. The fraction of sp³-hybridized carbons (Fsp3) is 0.345. The summed E-state index contributed by atoms with van der Waals surface area (Å²) < 4.78 is 5.48. The topological polar surface area (TPSA) is 99.6 Å². The van der Waals surface area contributed by atoms with E-state index < -0.39 is 0 Å². The standard InChI is InChI=1S/C29H30ClN7O2/c1-3-35-17-20-12-23(15-32-27(20)34-35)37-26-7-5-4-6-25(26)36(29(37)39)16-19-8-10-22(11-9-19)33-28(38)24-13-21(30)14-31-18(24)2/h4-7,12-15,17,19,22H,3,8-11,16H2,1-2H3,(H,33,38). The first-order valence-corrected chi connectivity index (χ1v) is 13.8. The summed E-state index contributed by atoms with van der Waals surface area (Å²) in [5.41, 5.74) is 4.27. The van der Waals surface area contributed by atoms with Crippen LogP contribution in [-0.2, 0) is 13.1 Å². The number of pyridine rings is 2. The van der Waals surface area contributed by atoms with E-state index >= 15 is 0 Å². The summed E-state index contributed by atoms with van der Waals surface area (Å²) in [5, 5.41) is 8.97. The highest BCUT2D eigenvalue weighted by molar-refractivity contribution is 6.30. The van der Waals surface area contributed by atoms with Crippen LogP contribution in [0.3, 0.4) is 0 Å². The number of para-hydroxylation sites is 2. The molecule has 0 atom stereocenters. The van der Waals surface area contributed by atoms with Crippen LogP contribution < -0.4 is 11.0 Å². The van der Waals surface area contributed by atoms with Gasteiger partial charge in [-0.25, -0.2) is 9.78 Å². The Morgan fingerprint density at radius 3 is 2.62 bits per heavy atom. The number of hydrogen-bond donors (Lipinski definition) is 1. The summed E-state index contributed by atoms with van der Waals surface area (Å²) in [4.78, 5) is 35.3. The molecule has 1 amide bonds. The molecule has 0 spiro atoms. The first kappa shape index (κ1) is 25.3. The number of imidazole rings is 1. The van der Waals surface area contributed by atoms with Crippen LogP contribution in [0.1, 0.15) is 48.7 Å². The number of amides is 1. The second kappa shape index (κ2) is 10.3. The number of benzene rings is 1. The zero-order chi connectivity index (χ0) is 27.1. The molecule has 0 saturated heterocycles. The maximum Gasteiger partial charge on any atom is 0.333 e. The normalized spacial score (nSPS) is 17.6. The number of hydrogen-bond acceptors (Lipinski definition) is 5. The van der Waals surface area contributed by atoms with Crippen molar-refractivity contribution >= 4 is 39.6 Å². The van der Waals surface area contributed by atoms with E-state index in [0.717, 1.165) is 54.3 Å². The lowest BCUT2D eigenvalue weighted by Crippen LogP contribution is -2.39. The number of nitrogens with zero attached hydrogens (tertiary/aromatic N) is 6. The van der Waals surface area contributed by atoms with E-state index in [1.807, 2.05) is 59.6 Å². The van der Waals surface area contributed by atoms with Crippen LogP contribution in [0.15, 0.2) is 59.8 Å². The molecule has 1 saturated carbocycles. The van der Waals surface area contributed by atoms with Gasteiger partial charge in [-0.1, -0.05) is 23.7 Å². The van der Waals surface area contributed by atoms with Crippen LogP contribution in [0, 0.1) is 12.8 Å². The lowest BCUT2D eigenvalue weighted by Gasteiger charge is -2.29. The van der Waals surface area contributed by atoms with E-state index in [0.29, 0.717) is 34.4 Å². The smallest absolute Gasteiger partial charge is 0.333 e. The third-order valence-corrected chi connectivity index (χ3v) is 7.94. The van der Waals surface area contributed by atoms with Gasteiger partial charge < -0.3 is 5.32 Å². The van der Waals surface area contributed by atoms with Gasteiger partial charge in [0.05, 0.1) is 39.2 Å². The van der Waals surface area contributed by atoms with Crippen molar-refractivity contribution < 1.29 is 4.79 Å². The summed E-state index contributed by atoms with van der Waals surface area (Å²) in [7, 11) is 0. The van der Waals surface area contributed by atoms with Crippen molar-refractivity contribution in [1.29, 1.82) is 0 Å². The molecule has 6 rings (SSSR count). The Morgan fingerprint density at radius 2 is 1.85 bits per heavy atom. The zero-order valence-corrected chi connectivity index (χ0v) is 22.7. The van der Waals surface area contributed by atoms with Gasteiger partial charge in [0.25, 0.3) is 5.91 Å². The van der Waals surface area contributed by atoms with Gasteiger partial charge in [-0.3, -0.25) is 23.6 Å². The summed E-state index contributed by atoms with van der Waals surface area (Å²) in [5.74, 6) is 0.202. The average Bonchev–Trinajstić information content (AvgIpc) is 3.48. The molecule has 4 aromatic heterocycles. The van der Waals surface area contributed by atoms with Crippen molar-refractivity contribution in [3.63, 3.8) is 0 Å². The average molecular weight is 544 g/mol. The minimum absolute atomic E-state index is 0.0698. The largest absolute Gasteiger partial charge is 0.349 e. The molecule has 9 nitrogen and oxygen atoms in total. The van der Waals surface area contributed by atoms with Crippen LogP contribution >= 0.6 is 11.6 Å². The summed E-state index contributed by atoms with van der Waals surface area (Å²) >= 11 is 6.05. The van der Waals surface area contributed by atoms with Crippen LogP contribution in [0.5, 0.6) is 0 Å². The minimum atomic E-state index is -0.139. The number of halogens is 1. The second-order valence-electron chi connectivity index (χ2n) is 10.3. The Bertz CT molecular complexity index is 1740. The molecule has 39 heavy (non-hydrogen) atoms. The molecular weight excluding hydrogens is 514 g/mol. The van der Waals surface area contributed by atoms with Crippen LogP contribution in [0.4, 0.5) is 0 Å². The van der Waals surface area contributed by atoms with Crippen molar-refractivity contribution in [3.8, 4) is 5.69 Å². The highest BCUT2D eigenvalue weighted by Gasteiger charge is 2.26. The molecule has 0 unspecified atom stereocenters. The summed E-state index contributed by atoms with van der Waals surface area (Å²) in [6, 6.07) is 11.6. The monoisotopic (exact) mass is 543 g/mol. The fourth-order valence-corrected chi connectivity index (χ4v) is 5.78. The molecule has 0 bridgehead atoms. The molecule has 5 aromatic rings. The van der Waals surface area contributed by atoms with E-state index in [1.165, 1.54) is 0 Å². The van der Waals surface area contributed by atoms with Crippen molar-refractivity contribution in [3.05, 3.63) is 81.8 Å². The second-order valence-corrected chi connectivity index (χ2v) is 10.7. The van der Waals surface area contributed by atoms with Gasteiger partial charge in [-0.15, -0.1) is 0 Å². The first-order chi connectivity index (χ1) is 18.9. The lowest BCUT2D eigenvalue weighted by molar-refractivity contribution is 0.0919. The Hall–Kier alpha value is -3.98. The van der Waals surface area contributed by atoms with E-state index in [4.69, 9.17) is 11.6 Å². The molecule has 4 heterocycles. The Morgan fingerprint density at radius 1 is 1.08 bits per heavy atom. The van der Waals surface area contributed by atoms with E-state index in [1.54, 1.807) is 23.0 Å². The molecule has 0 aliphatic heterocycles. The van der Waals surface area contributed by atoms with Crippen LogP contribution in [0.2, 0.25) is 5.02 Å². The molecule has 1 N–H and O–H groups in total. The lowest BCUT2D eigenvalue weighted by atomic mass is 9.85. The van der Waals surface area contributed by atoms with Crippen LogP contribution in [-0.4, -0.2) is 40.8 Å². The quantitative estimate of drug-likeness (QED) is 0.328. The highest BCUT2D eigenvalue weighted by atomic mass is 35.5. The van der Waals surface area contributed by atoms with E-state index in [-0.39, 0.29) is 17.6 Å². The minimum Gasteiger partial charge on any atom is -0.349 e. The predicted molar refractivity (Wildman–Crippen MR) is 151 cm³/mol. The third-order valence-electron chi connectivity index (χ3n) is 7.73. The van der Waals surface area contributed by atoms with Gasteiger partial charge in [0.1, 0.15) is 0 Å². The van der Waals surface area contributed by atoms with Crippen molar-refractivity contribution in [2.75, 3.05) is 0 Å². The SMILES string of the molecule is CCn1cc2cc(-n3c(=O)n(CC4CCC(NC(=O)c5cc(Cl)cnc5C)CC4)c4ccccc43)cnc2n1. The summed E-state index contributed by atoms with van der Waals surface area (Å²) in [6.07, 6.45) is 8.79. The molecular formula is C29H30ClN7O2. The molecule has 1 fully saturated rings. The maximum absolute atomic E-state index is 13.8. The Labute approximate surface area is 230 Å². The van der Waals surface area contributed by atoms with Gasteiger partial charge in [0.15, 0.2) is 5.65 Å². The molecule has 1 aliphatic rings. The predicted octanol–water partition coefficient (Wildman–Crippen LogP) is 4.90. The van der Waals surface area contributed by atoms with Crippen LogP contribution in [0.25, 0.3) is 27.8 Å². The van der Waals surface area contributed by atoms with Crippen molar-refractivity contribution in [2.45, 2.75) is 58.7 Å². The van der Waals surface area contributed by atoms with Gasteiger partial charge in [0, 0.05) is 36.9 Å². The molecule has 1 aliphatic carbocycles. The highest BCUT2D eigenvalue weighted by Crippen LogP contribution is 2.28. The van der Waals surface area contributed by atoms with Gasteiger partial charge in [0.2, 0.25) is 0 Å². The summed E-state index contributed by atoms with van der Waals surface area (Å²) in [6.45, 7) is 5.23.